The number of benzene rings is 2. The highest BCUT2D eigenvalue weighted by atomic mass is 35.5. The number of aryl methyl sites for hydroxylation is 1. The number of nitrogens with one attached hydrogen (secondary N) is 3. The van der Waals surface area contributed by atoms with Crippen molar-refractivity contribution in [2.45, 2.75) is 6.92 Å². The van der Waals surface area contributed by atoms with Gasteiger partial charge in [-0.15, -0.1) is 0 Å². The van der Waals surface area contributed by atoms with Crippen molar-refractivity contribution >= 4 is 34.8 Å². The molecule has 4 aromatic rings. The Balaban J connectivity index is 1.61. The van der Waals surface area contributed by atoms with Crippen molar-refractivity contribution in [3.8, 4) is 17.3 Å². The van der Waals surface area contributed by atoms with Gasteiger partial charge in [-0.3, -0.25) is 14.6 Å². The van der Waals surface area contributed by atoms with Gasteiger partial charge in [-0.25, -0.2) is 4.98 Å². The largest absolute Gasteiger partial charge is 0.361 e. The zero-order valence-electron chi connectivity index (χ0n) is 16.6. The fourth-order valence-corrected chi connectivity index (χ4v) is 3.02. The van der Waals surface area contributed by atoms with Crippen LogP contribution in [-0.4, -0.2) is 21.0 Å². The molecule has 10 heteroatoms. The van der Waals surface area contributed by atoms with Crippen molar-refractivity contribution in [1.82, 2.24) is 15.1 Å². The molecular formula is C22H15ClN6O3. The Morgan fingerprint density at radius 3 is 2.44 bits per heavy atom. The normalized spacial score (nSPS) is 10.4. The van der Waals surface area contributed by atoms with Crippen molar-refractivity contribution in [1.29, 1.82) is 5.26 Å². The molecule has 4 rings (SSSR count). The van der Waals surface area contributed by atoms with E-state index >= 15 is 0 Å². The van der Waals surface area contributed by atoms with Crippen molar-refractivity contribution < 1.29 is 9.32 Å². The van der Waals surface area contributed by atoms with Gasteiger partial charge in [0.25, 0.3) is 11.5 Å². The molecular weight excluding hydrogens is 432 g/mol. The lowest BCUT2D eigenvalue weighted by molar-refractivity contribution is 0.101. The van der Waals surface area contributed by atoms with Crippen LogP contribution in [0.4, 0.5) is 17.3 Å². The molecule has 0 saturated carbocycles. The highest BCUT2D eigenvalue weighted by Gasteiger charge is 2.15. The number of carbonyl (C=O) groups is 1. The maximum atomic E-state index is 12.4. The fraction of sp³-hybridized carbons (Fsp3) is 0.0455. The summed E-state index contributed by atoms with van der Waals surface area (Å²) in [5.74, 6) is 0.277. The maximum absolute atomic E-state index is 12.4. The number of hydrogen-bond acceptors (Lipinski definition) is 7. The second kappa shape index (κ2) is 8.75. The minimum atomic E-state index is -0.576. The number of nitriles is 1. The Labute approximate surface area is 186 Å². The smallest absolute Gasteiger partial charge is 0.277 e. The molecule has 0 atom stereocenters. The summed E-state index contributed by atoms with van der Waals surface area (Å²) >= 11 is 5.89. The molecule has 0 bridgehead atoms. The molecule has 2 aromatic heterocycles. The third kappa shape index (κ3) is 4.50. The first kappa shape index (κ1) is 20.8. The summed E-state index contributed by atoms with van der Waals surface area (Å²) in [6, 6.07) is 16.8. The lowest BCUT2D eigenvalue weighted by Gasteiger charge is -2.10. The summed E-state index contributed by atoms with van der Waals surface area (Å²) < 4.78 is 4.90. The quantitative estimate of drug-likeness (QED) is 0.416. The minimum Gasteiger partial charge on any atom is -0.361 e. The average molecular weight is 447 g/mol. The van der Waals surface area contributed by atoms with Crippen LogP contribution in [0.2, 0.25) is 5.02 Å². The van der Waals surface area contributed by atoms with Gasteiger partial charge in [0, 0.05) is 28.0 Å². The molecule has 0 saturated heterocycles. The van der Waals surface area contributed by atoms with Crippen LogP contribution in [0, 0.1) is 18.3 Å². The monoisotopic (exact) mass is 446 g/mol. The molecule has 9 nitrogen and oxygen atoms in total. The van der Waals surface area contributed by atoms with Gasteiger partial charge in [-0.1, -0.05) is 28.9 Å². The Hall–Kier alpha value is -4.42. The first-order valence-corrected chi connectivity index (χ1v) is 9.73. The number of amides is 1. The first-order valence-electron chi connectivity index (χ1n) is 9.35. The molecule has 0 unspecified atom stereocenters. The van der Waals surface area contributed by atoms with E-state index in [-0.39, 0.29) is 22.9 Å². The van der Waals surface area contributed by atoms with E-state index in [1.807, 2.05) is 6.07 Å². The van der Waals surface area contributed by atoms with Gasteiger partial charge in [-0.05, 0) is 43.3 Å². The van der Waals surface area contributed by atoms with Crippen LogP contribution >= 0.6 is 11.6 Å². The summed E-state index contributed by atoms with van der Waals surface area (Å²) in [6.07, 6.45) is 0. The standard InChI is InChI=1S/C22H15ClN6O3/c1-12-10-18(29-32-12)21(31)25-15-6-2-13(3-7-15)19-17(11-24)20(30)28-22(27-19)26-16-8-4-14(23)5-9-16/h2-10H,1H3,(H,25,31)(H2,26,27,28,30). The van der Waals surface area contributed by atoms with Gasteiger partial charge in [-0.2, -0.15) is 5.26 Å². The molecule has 32 heavy (non-hydrogen) atoms. The third-order valence-corrected chi connectivity index (χ3v) is 4.67. The second-order valence-corrected chi connectivity index (χ2v) is 7.17. The van der Waals surface area contributed by atoms with Crippen molar-refractivity contribution in [3.05, 3.63) is 87.0 Å². The number of aromatic nitrogens is 3. The van der Waals surface area contributed by atoms with Gasteiger partial charge in [0.05, 0.1) is 5.69 Å². The van der Waals surface area contributed by atoms with E-state index in [0.29, 0.717) is 27.7 Å². The van der Waals surface area contributed by atoms with Crippen LogP contribution in [0.15, 0.2) is 63.9 Å². The number of carbonyl (C=O) groups excluding carboxylic acids is 1. The molecule has 0 fully saturated rings. The van der Waals surface area contributed by atoms with E-state index in [9.17, 15) is 14.9 Å². The number of hydrogen-bond donors (Lipinski definition) is 3. The van der Waals surface area contributed by atoms with Gasteiger partial charge in [0.15, 0.2) is 5.69 Å². The summed E-state index contributed by atoms with van der Waals surface area (Å²) in [5, 5.41) is 19.4. The summed E-state index contributed by atoms with van der Waals surface area (Å²) in [7, 11) is 0. The van der Waals surface area contributed by atoms with E-state index < -0.39 is 11.5 Å². The summed E-state index contributed by atoms with van der Waals surface area (Å²) in [5.41, 5.74) is 1.36. The molecule has 0 aliphatic carbocycles. The van der Waals surface area contributed by atoms with Crippen LogP contribution in [0.1, 0.15) is 21.8 Å². The van der Waals surface area contributed by atoms with Gasteiger partial charge < -0.3 is 15.2 Å². The number of aromatic amines is 1. The lowest BCUT2D eigenvalue weighted by atomic mass is 10.1. The number of nitrogens with zero attached hydrogens (tertiary/aromatic N) is 3. The number of anilines is 3. The zero-order valence-corrected chi connectivity index (χ0v) is 17.4. The Kier molecular flexibility index (Phi) is 5.70. The Morgan fingerprint density at radius 1 is 1.12 bits per heavy atom. The minimum absolute atomic E-state index is 0.124. The highest BCUT2D eigenvalue weighted by Crippen LogP contribution is 2.24. The molecule has 3 N–H and O–H groups in total. The number of halogens is 1. The van der Waals surface area contributed by atoms with E-state index in [1.54, 1.807) is 55.5 Å². The highest BCUT2D eigenvalue weighted by molar-refractivity contribution is 6.30. The SMILES string of the molecule is Cc1cc(C(=O)Nc2ccc(-c3nc(Nc4ccc(Cl)cc4)[nH]c(=O)c3C#N)cc2)no1. The van der Waals surface area contributed by atoms with Gasteiger partial charge in [0.2, 0.25) is 5.95 Å². The van der Waals surface area contributed by atoms with Gasteiger partial charge in [0.1, 0.15) is 17.4 Å². The number of H-pyrrole nitrogens is 1. The summed E-state index contributed by atoms with van der Waals surface area (Å²) in [4.78, 5) is 31.6. The first-order chi connectivity index (χ1) is 15.4. The van der Waals surface area contributed by atoms with E-state index in [4.69, 9.17) is 16.1 Å². The number of rotatable bonds is 5. The third-order valence-electron chi connectivity index (χ3n) is 4.41. The second-order valence-electron chi connectivity index (χ2n) is 6.74. The molecule has 1 amide bonds. The molecule has 0 radical (unpaired) electrons. The van der Waals surface area contributed by atoms with Crippen LogP contribution in [0.3, 0.4) is 0 Å². The van der Waals surface area contributed by atoms with Crippen LogP contribution in [0.5, 0.6) is 0 Å². The van der Waals surface area contributed by atoms with Crippen LogP contribution in [-0.2, 0) is 0 Å². The summed E-state index contributed by atoms with van der Waals surface area (Å²) in [6.45, 7) is 1.69. The van der Waals surface area contributed by atoms with E-state index in [0.717, 1.165) is 0 Å². The zero-order chi connectivity index (χ0) is 22.7. The van der Waals surface area contributed by atoms with E-state index in [1.165, 1.54) is 6.07 Å². The van der Waals surface area contributed by atoms with Crippen molar-refractivity contribution in [2.24, 2.45) is 0 Å². The molecule has 2 heterocycles. The van der Waals surface area contributed by atoms with Crippen molar-refractivity contribution in [2.75, 3.05) is 10.6 Å². The van der Waals surface area contributed by atoms with Crippen LogP contribution in [0.25, 0.3) is 11.3 Å². The predicted molar refractivity (Wildman–Crippen MR) is 119 cm³/mol. The van der Waals surface area contributed by atoms with Crippen molar-refractivity contribution in [3.63, 3.8) is 0 Å². The Morgan fingerprint density at radius 2 is 1.81 bits per heavy atom. The fourth-order valence-electron chi connectivity index (χ4n) is 2.89. The Bertz CT molecular complexity index is 1390. The van der Waals surface area contributed by atoms with Gasteiger partial charge >= 0.3 is 0 Å². The van der Waals surface area contributed by atoms with E-state index in [2.05, 4.69) is 25.8 Å². The molecule has 0 spiro atoms. The topological polar surface area (TPSA) is 137 Å². The molecule has 158 valence electrons. The predicted octanol–water partition coefficient (Wildman–Crippen LogP) is 4.25. The average Bonchev–Trinajstić information content (AvgIpc) is 3.22. The molecule has 0 aliphatic rings. The molecule has 2 aromatic carbocycles. The maximum Gasteiger partial charge on any atom is 0.277 e. The van der Waals surface area contributed by atoms with Crippen LogP contribution < -0.4 is 16.2 Å². The molecule has 0 aliphatic heterocycles. The lowest BCUT2D eigenvalue weighted by Crippen LogP contribution is -2.16.